The third-order valence-corrected chi connectivity index (χ3v) is 3.14. The van der Waals surface area contributed by atoms with E-state index in [1.165, 1.54) is 12.7 Å². The van der Waals surface area contributed by atoms with Crippen LogP contribution >= 0.6 is 0 Å². The number of ether oxygens (including phenoxy) is 1. The van der Waals surface area contributed by atoms with E-state index in [-0.39, 0.29) is 24.5 Å². The number of carbonyl (C=O) groups excluding carboxylic acids is 1. The van der Waals surface area contributed by atoms with Gasteiger partial charge in [-0.3, -0.25) is 14.5 Å². The number of carbonyl (C=O) groups is 2. The topological polar surface area (TPSA) is 92.9 Å². The number of nitrogens with zero attached hydrogens (tertiary/aromatic N) is 1. The molecule has 0 bridgehead atoms. The van der Waals surface area contributed by atoms with Gasteiger partial charge in [0, 0.05) is 19.1 Å². The number of carboxylic acid groups (broad SMARTS) is 1. The van der Waals surface area contributed by atoms with Crippen molar-refractivity contribution in [3.8, 4) is 0 Å². The van der Waals surface area contributed by atoms with Crippen LogP contribution in [0.1, 0.15) is 32.8 Å². The Hall–Kier alpha value is -1.92. The Morgan fingerprint density at radius 3 is 2.33 bits per heavy atom. The molecule has 3 N–H and O–H groups in total. The number of likely N-dealkylation sites (tertiary alicyclic amines) is 1. The van der Waals surface area contributed by atoms with Gasteiger partial charge >= 0.3 is 5.97 Å². The zero-order valence-electron chi connectivity index (χ0n) is 15.0. The SMILES string of the molecule is CC(C)C.COC(=O)C1CC(N)CN1Cc1ccccc1.O=CO. The summed E-state index contributed by atoms with van der Waals surface area (Å²) in [4.78, 5) is 22.1. The van der Waals surface area contributed by atoms with Crippen LogP contribution in [-0.2, 0) is 20.9 Å². The first kappa shape index (κ1) is 22.1. The van der Waals surface area contributed by atoms with E-state index in [1.807, 2.05) is 18.2 Å². The molecule has 0 aliphatic carbocycles. The molecule has 1 saturated heterocycles. The molecule has 1 fully saturated rings. The molecule has 2 atom stereocenters. The fourth-order valence-corrected chi connectivity index (χ4v) is 2.31. The molecule has 1 aromatic carbocycles. The number of nitrogens with two attached hydrogens (primary N) is 1. The van der Waals surface area contributed by atoms with Gasteiger partial charge in [-0.25, -0.2) is 0 Å². The smallest absolute Gasteiger partial charge is 0.323 e. The summed E-state index contributed by atoms with van der Waals surface area (Å²) in [5.41, 5.74) is 7.10. The van der Waals surface area contributed by atoms with Crippen molar-refractivity contribution in [1.82, 2.24) is 4.90 Å². The quantitative estimate of drug-likeness (QED) is 0.648. The number of benzene rings is 1. The molecule has 1 aromatic rings. The molecule has 1 heterocycles. The molecule has 6 nitrogen and oxygen atoms in total. The molecule has 0 aromatic heterocycles. The number of methoxy groups -OCH3 is 1. The van der Waals surface area contributed by atoms with Gasteiger partial charge in [-0.2, -0.15) is 0 Å². The fraction of sp³-hybridized carbons (Fsp3) is 0.556. The lowest BCUT2D eigenvalue weighted by atomic mass is 10.1. The first-order valence-corrected chi connectivity index (χ1v) is 8.04. The Bertz CT molecular complexity index is 463. The summed E-state index contributed by atoms with van der Waals surface area (Å²) < 4.78 is 4.81. The van der Waals surface area contributed by atoms with Crippen LogP contribution in [0.25, 0.3) is 0 Å². The van der Waals surface area contributed by atoms with Crippen LogP contribution in [0.4, 0.5) is 0 Å². The Morgan fingerprint density at radius 2 is 1.88 bits per heavy atom. The molecule has 24 heavy (non-hydrogen) atoms. The number of hydrogen-bond donors (Lipinski definition) is 2. The highest BCUT2D eigenvalue weighted by molar-refractivity contribution is 5.76. The van der Waals surface area contributed by atoms with Gasteiger partial charge in [-0.05, 0) is 17.9 Å². The molecular formula is C18H30N2O4. The van der Waals surface area contributed by atoms with E-state index in [0.29, 0.717) is 6.42 Å². The van der Waals surface area contributed by atoms with Gasteiger partial charge in [0.15, 0.2) is 0 Å². The lowest BCUT2D eigenvalue weighted by Gasteiger charge is -2.22. The van der Waals surface area contributed by atoms with Crippen molar-refractivity contribution in [2.75, 3.05) is 13.7 Å². The highest BCUT2D eigenvalue weighted by Crippen LogP contribution is 2.20. The van der Waals surface area contributed by atoms with Crippen LogP contribution < -0.4 is 5.73 Å². The van der Waals surface area contributed by atoms with E-state index in [9.17, 15) is 4.79 Å². The summed E-state index contributed by atoms with van der Waals surface area (Å²) in [5, 5.41) is 6.89. The van der Waals surface area contributed by atoms with Crippen molar-refractivity contribution < 1.29 is 19.4 Å². The van der Waals surface area contributed by atoms with Gasteiger partial charge < -0.3 is 15.6 Å². The van der Waals surface area contributed by atoms with E-state index in [2.05, 4.69) is 37.8 Å². The molecule has 1 aliphatic rings. The van der Waals surface area contributed by atoms with Crippen molar-refractivity contribution >= 4 is 12.4 Å². The summed E-state index contributed by atoms with van der Waals surface area (Å²) >= 11 is 0. The molecule has 0 saturated carbocycles. The highest BCUT2D eigenvalue weighted by Gasteiger charge is 2.35. The minimum atomic E-state index is -0.250. The predicted octanol–water partition coefficient (Wildman–Crippen LogP) is 2.12. The summed E-state index contributed by atoms with van der Waals surface area (Å²) in [5.74, 6) is 0.647. The van der Waals surface area contributed by atoms with E-state index < -0.39 is 0 Å². The lowest BCUT2D eigenvalue weighted by molar-refractivity contribution is -0.146. The largest absolute Gasteiger partial charge is 0.483 e. The monoisotopic (exact) mass is 338 g/mol. The van der Waals surface area contributed by atoms with Crippen molar-refractivity contribution in [2.45, 2.75) is 45.8 Å². The average molecular weight is 338 g/mol. The molecule has 6 heteroatoms. The van der Waals surface area contributed by atoms with Gasteiger partial charge in [0.2, 0.25) is 0 Å². The van der Waals surface area contributed by atoms with Gasteiger partial charge in [0.05, 0.1) is 7.11 Å². The second kappa shape index (κ2) is 12.5. The van der Waals surface area contributed by atoms with Crippen LogP contribution in [0.5, 0.6) is 0 Å². The Kier molecular flexibility index (Phi) is 11.5. The number of esters is 1. The molecule has 0 radical (unpaired) electrons. The minimum absolute atomic E-state index is 0.0582. The number of rotatable bonds is 3. The molecule has 136 valence electrons. The molecule has 0 amide bonds. The summed E-state index contributed by atoms with van der Waals surface area (Å²) in [6.45, 7) is 7.74. The van der Waals surface area contributed by atoms with Crippen molar-refractivity contribution in [2.24, 2.45) is 11.7 Å². The first-order chi connectivity index (χ1) is 11.3. The van der Waals surface area contributed by atoms with Crippen molar-refractivity contribution in [3.63, 3.8) is 0 Å². The normalized spacial score (nSPS) is 19.6. The van der Waals surface area contributed by atoms with Crippen molar-refractivity contribution in [3.05, 3.63) is 35.9 Å². The molecule has 2 unspecified atom stereocenters. The van der Waals surface area contributed by atoms with Crippen LogP contribution in [-0.4, -0.2) is 48.2 Å². The van der Waals surface area contributed by atoms with E-state index in [4.69, 9.17) is 20.4 Å². The minimum Gasteiger partial charge on any atom is -0.483 e. The summed E-state index contributed by atoms with van der Waals surface area (Å²) in [7, 11) is 1.42. The van der Waals surface area contributed by atoms with Crippen LogP contribution in [0, 0.1) is 5.92 Å². The Morgan fingerprint density at radius 1 is 1.38 bits per heavy atom. The zero-order chi connectivity index (χ0) is 18.5. The second-order valence-electron chi connectivity index (χ2n) is 6.29. The molecule has 0 spiro atoms. The van der Waals surface area contributed by atoms with Gasteiger partial charge in [0.1, 0.15) is 6.04 Å². The van der Waals surface area contributed by atoms with Gasteiger partial charge in [0.25, 0.3) is 6.47 Å². The van der Waals surface area contributed by atoms with E-state index in [0.717, 1.165) is 19.0 Å². The van der Waals surface area contributed by atoms with Crippen LogP contribution in [0.3, 0.4) is 0 Å². The predicted molar refractivity (Wildman–Crippen MR) is 94.5 cm³/mol. The average Bonchev–Trinajstić information content (AvgIpc) is 2.88. The Balaban J connectivity index is 0.000000648. The lowest BCUT2D eigenvalue weighted by Crippen LogP contribution is -2.36. The standard InChI is InChI=1S/C13H18N2O2.C4H10.CH2O2/c1-17-13(16)12-7-11(14)9-15(12)8-10-5-3-2-4-6-10;1-4(2)3;2-1-3/h2-6,11-12H,7-9,14H2,1H3;4H,1-3H3;1H,(H,2,3). The highest BCUT2D eigenvalue weighted by atomic mass is 16.5. The zero-order valence-corrected chi connectivity index (χ0v) is 15.0. The second-order valence-corrected chi connectivity index (χ2v) is 6.29. The maximum absolute atomic E-state index is 11.6. The fourth-order valence-electron chi connectivity index (χ4n) is 2.31. The first-order valence-electron chi connectivity index (χ1n) is 8.04. The maximum Gasteiger partial charge on any atom is 0.323 e. The number of hydrogen-bond acceptors (Lipinski definition) is 5. The Labute approximate surface area is 144 Å². The maximum atomic E-state index is 11.6. The van der Waals surface area contributed by atoms with Crippen LogP contribution in [0.2, 0.25) is 0 Å². The summed E-state index contributed by atoms with van der Waals surface area (Å²) in [6, 6.07) is 9.95. The van der Waals surface area contributed by atoms with Gasteiger partial charge in [-0.1, -0.05) is 51.1 Å². The van der Waals surface area contributed by atoms with Crippen LogP contribution in [0.15, 0.2) is 30.3 Å². The van der Waals surface area contributed by atoms with Crippen molar-refractivity contribution in [1.29, 1.82) is 0 Å². The van der Waals surface area contributed by atoms with Gasteiger partial charge in [-0.15, -0.1) is 0 Å². The third kappa shape index (κ3) is 9.27. The molecule has 1 aliphatic heterocycles. The summed E-state index contributed by atoms with van der Waals surface area (Å²) in [6.07, 6.45) is 0.680. The van der Waals surface area contributed by atoms with E-state index >= 15 is 0 Å². The molecular weight excluding hydrogens is 308 g/mol. The molecule has 2 rings (SSSR count). The van der Waals surface area contributed by atoms with E-state index in [1.54, 1.807) is 0 Å². The third-order valence-electron chi connectivity index (χ3n) is 3.14.